The van der Waals surface area contributed by atoms with Gasteiger partial charge in [-0.05, 0) is 25.0 Å². The van der Waals surface area contributed by atoms with Crippen molar-refractivity contribution in [3.63, 3.8) is 0 Å². The number of fused-ring (bicyclic) bond motifs is 1. The molecular formula is C20H23N2NaO6S. The molecule has 4 rings (SSSR count). The Kier molecular flexibility index (Phi) is 6.96. The minimum absolute atomic E-state index is 0. The summed E-state index contributed by atoms with van der Waals surface area (Å²) in [5, 5.41) is 14.2. The number of carbonyl (C=O) groups is 3. The van der Waals surface area contributed by atoms with Crippen LogP contribution in [0.25, 0.3) is 0 Å². The summed E-state index contributed by atoms with van der Waals surface area (Å²) in [6, 6.07) is 3.25. The standard InChI is InChI=1S/C20H24N2O6S.Na/c1-27-11-7-6-8-12(28-2)13(11)16(23)21-14-17(24)22-15(19(25)26)20(29-18(14)22)9-4-3-5-10-20;/h6-8,14-15,18H,3-5,9-10H2,1-2H3,(H,21,23)(H,25,26);/q;+1/p-1/t14?,15?,18-;/m0./s1. The fraction of sp³-hybridized carbons (Fsp3) is 0.550. The molecular weight excluding hydrogens is 419 g/mol. The van der Waals surface area contributed by atoms with Gasteiger partial charge in [0.05, 0.1) is 26.2 Å². The minimum atomic E-state index is -1.22. The molecule has 30 heavy (non-hydrogen) atoms. The van der Waals surface area contributed by atoms with Gasteiger partial charge < -0.3 is 29.6 Å². The third-order valence-electron chi connectivity index (χ3n) is 6.08. The molecule has 0 aromatic heterocycles. The molecule has 2 amide bonds. The van der Waals surface area contributed by atoms with Crippen molar-refractivity contribution in [2.24, 2.45) is 0 Å². The molecule has 1 spiro atoms. The number of methoxy groups -OCH3 is 2. The average Bonchev–Trinajstić information content (AvgIpc) is 3.02. The fourth-order valence-electron chi connectivity index (χ4n) is 4.74. The first-order valence-electron chi connectivity index (χ1n) is 9.66. The number of nitrogens with one attached hydrogen (secondary N) is 1. The summed E-state index contributed by atoms with van der Waals surface area (Å²) in [7, 11) is 2.90. The van der Waals surface area contributed by atoms with Crippen LogP contribution in [0.5, 0.6) is 11.5 Å². The monoisotopic (exact) mass is 442 g/mol. The third kappa shape index (κ3) is 3.59. The van der Waals surface area contributed by atoms with Crippen LogP contribution < -0.4 is 49.5 Å². The first-order valence-corrected chi connectivity index (χ1v) is 10.5. The van der Waals surface area contributed by atoms with E-state index in [2.05, 4.69) is 5.32 Å². The van der Waals surface area contributed by atoms with E-state index in [1.807, 2.05) is 0 Å². The molecule has 3 atom stereocenters. The molecule has 0 radical (unpaired) electrons. The van der Waals surface area contributed by atoms with E-state index in [9.17, 15) is 19.5 Å². The molecule has 156 valence electrons. The Balaban J connectivity index is 0.00000256. The number of carboxylic acid groups (broad SMARTS) is 1. The summed E-state index contributed by atoms with van der Waals surface area (Å²) in [6.45, 7) is 0. The second kappa shape index (κ2) is 8.98. The van der Waals surface area contributed by atoms with Crippen molar-refractivity contribution < 1.29 is 58.5 Å². The Bertz CT molecular complexity index is 837. The van der Waals surface area contributed by atoms with Crippen molar-refractivity contribution in [3.05, 3.63) is 23.8 Å². The second-order valence-corrected chi connectivity index (χ2v) is 9.12. The van der Waals surface area contributed by atoms with Crippen LogP contribution in [0, 0.1) is 0 Å². The molecule has 2 unspecified atom stereocenters. The van der Waals surface area contributed by atoms with Gasteiger partial charge in [-0.3, -0.25) is 9.59 Å². The van der Waals surface area contributed by atoms with Crippen LogP contribution in [0.2, 0.25) is 0 Å². The molecule has 10 heteroatoms. The van der Waals surface area contributed by atoms with Crippen molar-refractivity contribution >= 4 is 29.5 Å². The Morgan fingerprint density at radius 2 is 1.77 bits per heavy atom. The van der Waals surface area contributed by atoms with Crippen LogP contribution in [0.15, 0.2) is 18.2 Å². The van der Waals surface area contributed by atoms with Crippen molar-refractivity contribution in [2.45, 2.75) is 54.3 Å². The van der Waals surface area contributed by atoms with Crippen LogP contribution in [0.1, 0.15) is 42.5 Å². The zero-order chi connectivity index (χ0) is 20.8. The largest absolute Gasteiger partial charge is 1.00 e. The summed E-state index contributed by atoms with van der Waals surface area (Å²) in [6.07, 6.45) is 4.39. The molecule has 2 saturated heterocycles. The molecule has 0 bridgehead atoms. The molecule has 1 saturated carbocycles. The van der Waals surface area contributed by atoms with Gasteiger partial charge in [0.25, 0.3) is 5.91 Å². The molecule has 1 aliphatic carbocycles. The maximum absolute atomic E-state index is 12.9. The predicted molar refractivity (Wildman–Crippen MR) is 104 cm³/mol. The van der Waals surface area contributed by atoms with Crippen LogP contribution in [0.4, 0.5) is 0 Å². The van der Waals surface area contributed by atoms with Crippen molar-refractivity contribution in [3.8, 4) is 11.5 Å². The third-order valence-corrected chi connectivity index (χ3v) is 7.92. The molecule has 3 aliphatic rings. The molecule has 3 fully saturated rings. The van der Waals surface area contributed by atoms with E-state index in [1.54, 1.807) is 18.2 Å². The van der Waals surface area contributed by atoms with E-state index in [-0.39, 0.29) is 41.0 Å². The fourth-order valence-corrected chi connectivity index (χ4v) is 6.74. The van der Waals surface area contributed by atoms with Gasteiger partial charge in [-0.1, -0.05) is 25.3 Å². The molecule has 8 nitrogen and oxygen atoms in total. The smallest absolute Gasteiger partial charge is 0.548 e. The number of hydrogen-bond donors (Lipinski definition) is 1. The van der Waals surface area contributed by atoms with Crippen LogP contribution >= 0.6 is 11.8 Å². The van der Waals surface area contributed by atoms with E-state index < -0.39 is 34.1 Å². The zero-order valence-electron chi connectivity index (χ0n) is 17.3. The van der Waals surface area contributed by atoms with Crippen LogP contribution in [-0.4, -0.2) is 59.1 Å². The van der Waals surface area contributed by atoms with Crippen molar-refractivity contribution in [1.29, 1.82) is 0 Å². The zero-order valence-corrected chi connectivity index (χ0v) is 20.1. The maximum atomic E-state index is 12.9. The molecule has 1 N–H and O–H groups in total. The number of ether oxygens (including phenoxy) is 2. The Labute approximate surface area is 201 Å². The van der Waals surface area contributed by atoms with Gasteiger partial charge in [0.15, 0.2) is 0 Å². The maximum Gasteiger partial charge on any atom is 1.00 e. The number of amides is 2. The summed E-state index contributed by atoms with van der Waals surface area (Å²) in [4.78, 5) is 39.0. The number of β-lactam (4-membered cyclic amide) rings is 1. The van der Waals surface area contributed by atoms with Crippen molar-refractivity contribution in [1.82, 2.24) is 10.2 Å². The Morgan fingerprint density at radius 1 is 1.17 bits per heavy atom. The number of nitrogens with zero attached hydrogens (tertiary/aromatic N) is 1. The SMILES string of the molecule is COc1cccc(OC)c1C(=O)NC1C(=O)N2C(C(=O)[O-])C3(CCCCC3)S[C@@H]12.[Na+]. The van der Waals surface area contributed by atoms with Crippen LogP contribution in [0.3, 0.4) is 0 Å². The van der Waals surface area contributed by atoms with Gasteiger partial charge in [-0.25, -0.2) is 0 Å². The number of carboxylic acids is 1. The summed E-state index contributed by atoms with van der Waals surface area (Å²) in [5.74, 6) is -1.43. The minimum Gasteiger partial charge on any atom is -0.548 e. The van der Waals surface area contributed by atoms with E-state index in [4.69, 9.17) is 9.47 Å². The number of thioether (sulfide) groups is 1. The molecule has 1 aromatic carbocycles. The van der Waals surface area contributed by atoms with Gasteiger partial charge in [0.2, 0.25) is 5.91 Å². The number of rotatable bonds is 5. The number of carbonyl (C=O) groups excluding carboxylic acids is 3. The predicted octanol–water partition coefficient (Wildman–Crippen LogP) is -2.46. The van der Waals surface area contributed by atoms with Gasteiger partial charge in [0.1, 0.15) is 28.5 Å². The topological polar surface area (TPSA) is 108 Å². The quantitative estimate of drug-likeness (QED) is 0.398. The number of aliphatic carboxylic acids is 1. The summed E-state index contributed by atoms with van der Waals surface area (Å²) < 4.78 is 10.0. The average molecular weight is 442 g/mol. The van der Waals surface area contributed by atoms with E-state index >= 15 is 0 Å². The van der Waals surface area contributed by atoms with E-state index in [1.165, 1.54) is 30.9 Å². The van der Waals surface area contributed by atoms with Gasteiger partial charge in [-0.15, -0.1) is 11.8 Å². The van der Waals surface area contributed by atoms with E-state index in [0.29, 0.717) is 11.5 Å². The molecule has 2 heterocycles. The van der Waals surface area contributed by atoms with Crippen molar-refractivity contribution in [2.75, 3.05) is 14.2 Å². The second-order valence-electron chi connectivity index (χ2n) is 7.59. The Morgan fingerprint density at radius 3 is 2.30 bits per heavy atom. The summed E-state index contributed by atoms with van der Waals surface area (Å²) in [5.41, 5.74) is 0.204. The van der Waals surface area contributed by atoms with Gasteiger partial charge in [0, 0.05) is 4.75 Å². The number of benzene rings is 1. The first kappa shape index (κ1) is 23.2. The first-order chi connectivity index (χ1) is 13.9. The van der Waals surface area contributed by atoms with E-state index in [0.717, 1.165) is 32.1 Å². The van der Waals surface area contributed by atoms with Gasteiger partial charge in [-0.2, -0.15) is 0 Å². The molecule has 1 aromatic rings. The number of hydrogen-bond acceptors (Lipinski definition) is 7. The molecule has 2 aliphatic heterocycles. The summed E-state index contributed by atoms with van der Waals surface area (Å²) >= 11 is 1.50. The van der Waals surface area contributed by atoms with Gasteiger partial charge >= 0.3 is 29.6 Å². The Hall–Kier alpha value is -1.42. The normalized spacial score (nSPS) is 26.3. The van der Waals surface area contributed by atoms with Crippen LogP contribution in [-0.2, 0) is 9.59 Å².